The Morgan fingerprint density at radius 2 is 1.91 bits per heavy atom. The Morgan fingerprint density at radius 1 is 1.26 bits per heavy atom. The Labute approximate surface area is 138 Å². The summed E-state index contributed by atoms with van der Waals surface area (Å²) in [6, 6.07) is 3.44. The lowest BCUT2D eigenvalue weighted by Gasteiger charge is -2.07. The molecule has 1 aliphatic carbocycles. The molecule has 0 spiro atoms. The van der Waals surface area contributed by atoms with Gasteiger partial charge in [-0.15, -0.1) is 11.3 Å². The zero-order valence-electron chi connectivity index (χ0n) is 11.5. The summed E-state index contributed by atoms with van der Waals surface area (Å²) in [6.45, 7) is 0. The van der Waals surface area contributed by atoms with Crippen LogP contribution < -0.4 is 0 Å². The van der Waals surface area contributed by atoms with E-state index in [1.54, 1.807) is 0 Å². The average molecular weight is 381 g/mol. The summed E-state index contributed by atoms with van der Waals surface area (Å²) in [5.74, 6) is -5.87. The number of carbonyl (C=O) groups is 1. The monoisotopic (exact) mass is 380 g/mol. The molecular formula is C14H8ClF3O3S2. The number of hydrogen-bond donors (Lipinski definition) is 0. The molecule has 23 heavy (non-hydrogen) atoms. The molecule has 2 aromatic rings. The summed E-state index contributed by atoms with van der Waals surface area (Å²) in [6.07, 6.45) is -0.0676. The first-order valence-corrected chi connectivity index (χ1v) is 9.34. The van der Waals surface area contributed by atoms with E-state index in [2.05, 4.69) is 0 Å². The number of benzene rings is 1. The number of carbonyl (C=O) groups excluding carboxylic acids is 1. The first-order chi connectivity index (χ1) is 10.5. The third-order valence-corrected chi connectivity index (χ3v) is 6.72. The Hall–Kier alpha value is -1.38. The van der Waals surface area contributed by atoms with Crippen LogP contribution in [0.5, 0.6) is 0 Å². The number of hydrogen-bond acceptors (Lipinski definition) is 4. The predicted molar refractivity (Wildman–Crippen MR) is 80.8 cm³/mol. The van der Waals surface area contributed by atoms with Crippen molar-refractivity contribution < 1.29 is 26.4 Å². The molecule has 1 heterocycles. The first kappa shape index (κ1) is 16.5. The smallest absolute Gasteiger partial charge is 0.287 e. The van der Waals surface area contributed by atoms with Gasteiger partial charge in [-0.25, -0.2) is 12.8 Å². The zero-order chi connectivity index (χ0) is 17.2. The van der Waals surface area contributed by atoms with Gasteiger partial charge in [0.15, 0.2) is 9.84 Å². The number of ketones is 1. The lowest BCUT2D eigenvalue weighted by Crippen LogP contribution is -2.24. The fourth-order valence-corrected chi connectivity index (χ4v) is 5.21. The molecule has 122 valence electrons. The molecule has 0 aliphatic heterocycles. The third-order valence-electron chi connectivity index (χ3n) is 3.39. The Morgan fingerprint density at radius 3 is 2.48 bits per heavy atom. The summed E-state index contributed by atoms with van der Waals surface area (Å²) in [5.41, 5.74) is -0.401. The standard InChI is InChI=1S/C14H8ClF3O3S2/c1-23(20,21)13-10-9(5-14(17,18)12(10)19)11(22-13)6-2-7(15)4-8(16)3-6/h2-4H,5H2,1H3. The molecule has 0 atom stereocenters. The van der Waals surface area contributed by atoms with Crippen LogP contribution in [0.15, 0.2) is 22.4 Å². The van der Waals surface area contributed by atoms with Crippen molar-refractivity contribution >= 4 is 38.6 Å². The van der Waals surface area contributed by atoms with Gasteiger partial charge in [0.25, 0.3) is 0 Å². The number of rotatable bonds is 2. The van der Waals surface area contributed by atoms with Gasteiger partial charge in [-0.1, -0.05) is 11.6 Å². The van der Waals surface area contributed by atoms with E-state index in [0.717, 1.165) is 18.4 Å². The zero-order valence-corrected chi connectivity index (χ0v) is 13.9. The summed E-state index contributed by atoms with van der Waals surface area (Å²) >= 11 is 6.44. The van der Waals surface area contributed by atoms with Gasteiger partial charge in [-0.3, -0.25) is 4.79 Å². The predicted octanol–water partition coefficient (Wildman–Crippen LogP) is 3.99. The van der Waals surface area contributed by atoms with Crippen molar-refractivity contribution in [2.45, 2.75) is 16.6 Å². The average Bonchev–Trinajstić information content (AvgIpc) is 2.84. The van der Waals surface area contributed by atoms with Crippen molar-refractivity contribution in [3.8, 4) is 10.4 Å². The summed E-state index contributed by atoms with van der Waals surface area (Å²) < 4.78 is 64.3. The van der Waals surface area contributed by atoms with Crippen LogP contribution in [0.2, 0.25) is 5.02 Å². The highest BCUT2D eigenvalue weighted by Crippen LogP contribution is 2.48. The van der Waals surface area contributed by atoms with E-state index < -0.39 is 43.6 Å². The van der Waals surface area contributed by atoms with Crippen LogP contribution in [-0.2, 0) is 16.3 Å². The van der Waals surface area contributed by atoms with Crippen LogP contribution in [0, 0.1) is 5.82 Å². The first-order valence-electron chi connectivity index (χ1n) is 6.25. The maximum absolute atomic E-state index is 13.7. The van der Waals surface area contributed by atoms with E-state index in [9.17, 15) is 26.4 Å². The molecule has 0 saturated carbocycles. The third kappa shape index (κ3) is 2.68. The van der Waals surface area contributed by atoms with E-state index in [1.165, 1.54) is 6.07 Å². The molecule has 0 saturated heterocycles. The topological polar surface area (TPSA) is 51.2 Å². The number of Topliss-reactive ketones (excluding diaryl/α,β-unsaturated/α-hetero) is 1. The second-order valence-corrected chi connectivity index (χ2v) is 8.88. The Balaban J connectivity index is 2.34. The van der Waals surface area contributed by atoms with Crippen molar-refractivity contribution in [3.63, 3.8) is 0 Å². The fraction of sp³-hybridized carbons (Fsp3) is 0.214. The fourth-order valence-electron chi connectivity index (χ4n) is 2.50. The maximum Gasteiger partial charge on any atom is 0.313 e. The number of alkyl halides is 2. The van der Waals surface area contributed by atoms with Gasteiger partial charge >= 0.3 is 5.92 Å². The van der Waals surface area contributed by atoms with Crippen LogP contribution in [0.3, 0.4) is 0 Å². The highest BCUT2D eigenvalue weighted by Gasteiger charge is 2.51. The second-order valence-electron chi connectivity index (χ2n) is 5.21. The molecule has 0 bridgehead atoms. The van der Waals surface area contributed by atoms with E-state index in [-0.39, 0.29) is 21.0 Å². The lowest BCUT2D eigenvalue weighted by atomic mass is 10.1. The van der Waals surface area contributed by atoms with Crippen molar-refractivity contribution in [1.82, 2.24) is 0 Å². The van der Waals surface area contributed by atoms with Crippen molar-refractivity contribution in [3.05, 3.63) is 40.2 Å². The number of fused-ring (bicyclic) bond motifs is 1. The van der Waals surface area contributed by atoms with Gasteiger partial charge in [0, 0.05) is 22.6 Å². The van der Waals surface area contributed by atoms with Crippen LogP contribution in [0.4, 0.5) is 13.2 Å². The minimum absolute atomic E-state index is 0.0409. The van der Waals surface area contributed by atoms with Gasteiger partial charge in [0.1, 0.15) is 10.0 Å². The molecule has 0 radical (unpaired) electrons. The summed E-state index contributed by atoms with van der Waals surface area (Å²) in [5, 5.41) is 0.0409. The maximum atomic E-state index is 13.7. The minimum Gasteiger partial charge on any atom is -0.287 e. The summed E-state index contributed by atoms with van der Waals surface area (Å²) in [4.78, 5) is 12.0. The SMILES string of the molecule is CS(=O)(=O)c1sc(-c2cc(F)cc(Cl)c2)c2c1C(=O)C(F)(F)C2. The number of thiophene rings is 1. The minimum atomic E-state index is -3.88. The molecule has 3 nitrogen and oxygen atoms in total. The second kappa shape index (κ2) is 5.06. The van der Waals surface area contributed by atoms with Crippen LogP contribution in [-0.4, -0.2) is 26.4 Å². The van der Waals surface area contributed by atoms with Crippen molar-refractivity contribution in [2.75, 3.05) is 6.26 Å². The highest BCUT2D eigenvalue weighted by molar-refractivity contribution is 7.93. The molecule has 1 aliphatic rings. The van der Waals surface area contributed by atoms with Crippen molar-refractivity contribution in [1.29, 1.82) is 0 Å². The van der Waals surface area contributed by atoms with Gasteiger partial charge < -0.3 is 0 Å². The molecular weight excluding hydrogens is 373 g/mol. The lowest BCUT2D eigenvalue weighted by molar-refractivity contribution is 0.0166. The Kier molecular flexibility index (Phi) is 3.62. The highest BCUT2D eigenvalue weighted by atomic mass is 35.5. The molecule has 0 fully saturated rings. The molecule has 1 aromatic heterocycles. The van der Waals surface area contributed by atoms with Crippen LogP contribution in [0.1, 0.15) is 15.9 Å². The van der Waals surface area contributed by atoms with Gasteiger partial charge in [0.05, 0.1) is 5.56 Å². The van der Waals surface area contributed by atoms with E-state index >= 15 is 0 Å². The normalized spacial score (nSPS) is 16.7. The molecule has 3 rings (SSSR count). The molecule has 0 amide bonds. The van der Waals surface area contributed by atoms with Gasteiger partial charge in [-0.05, 0) is 29.3 Å². The van der Waals surface area contributed by atoms with Crippen LogP contribution in [0.25, 0.3) is 10.4 Å². The Bertz CT molecular complexity index is 928. The van der Waals surface area contributed by atoms with Gasteiger partial charge in [0.2, 0.25) is 5.78 Å². The molecule has 9 heteroatoms. The molecule has 0 N–H and O–H groups in total. The quantitative estimate of drug-likeness (QED) is 0.791. The van der Waals surface area contributed by atoms with E-state index in [1.807, 2.05) is 0 Å². The molecule has 1 aromatic carbocycles. The number of halogens is 4. The van der Waals surface area contributed by atoms with Crippen LogP contribution >= 0.6 is 22.9 Å². The van der Waals surface area contributed by atoms with Gasteiger partial charge in [-0.2, -0.15) is 8.78 Å². The summed E-state index contributed by atoms with van der Waals surface area (Å²) in [7, 11) is -3.88. The molecule has 0 unspecified atom stereocenters. The number of sulfone groups is 1. The van der Waals surface area contributed by atoms with E-state index in [0.29, 0.717) is 11.3 Å². The van der Waals surface area contributed by atoms with E-state index in [4.69, 9.17) is 11.6 Å². The largest absolute Gasteiger partial charge is 0.313 e. The van der Waals surface area contributed by atoms with Crippen molar-refractivity contribution in [2.24, 2.45) is 0 Å².